The van der Waals surface area contributed by atoms with Crippen LogP contribution >= 0.6 is 23.5 Å². The number of carbonyl (C=O) groups excluding carboxylic acids is 1. The minimum Gasteiger partial charge on any atom is -0.341 e. The van der Waals surface area contributed by atoms with Crippen molar-refractivity contribution in [3.05, 3.63) is 0 Å². The van der Waals surface area contributed by atoms with Gasteiger partial charge in [0.25, 0.3) is 0 Å². The first-order valence-corrected chi connectivity index (χ1v) is 8.45. The van der Waals surface area contributed by atoms with Crippen LogP contribution in [0.5, 0.6) is 0 Å². The number of hydrogen-bond acceptors (Lipinski definition) is 4. The molecule has 0 aromatic rings. The Kier molecular flexibility index (Phi) is 4.31. The molecule has 2 rings (SSSR count). The maximum Gasteiger partial charge on any atom is 0.236 e. The zero-order valence-corrected chi connectivity index (χ0v) is 12.3. The van der Waals surface area contributed by atoms with Crippen LogP contribution in [-0.4, -0.2) is 52.4 Å². The predicted molar refractivity (Wildman–Crippen MR) is 76.5 cm³/mol. The summed E-state index contributed by atoms with van der Waals surface area (Å²) in [5, 5.41) is 0.180. The molecule has 0 saturated carbocycles. The second kappa shape index (κ2) is 5.41. The van der Waals surface area contributed by atoms with Crippen LogP contribution < -0.4 is 5.73 Å². The summed E-state index contributed by atoms with van der Waals surface area (Å²) in [6.45, 7) is 5.99. The molecule has 2 aliphatic rings. The fourth-order valence-corrected chi connectivity index (χ4v) is 5.03. The van der Waals surface area contributed by atoms with Crippen LogP contribution in [0.1, 0.15) is 20.3 Å². The van der Waals surface area contributed by atoms with E-state index in [0.29, 0.717) is 5.91 Å². The lowest BCUT2D eigenvalue weighted by molar-refractivity contribution is -0.133. The van der Waals surface area contributed by atoms with Gasteiger partial charge in [0, 0.05) is 36.4 Å². The summed E-state index contributed by atoms with van der Waals surface area (Å²) in [5.74, 6) is 3.61. The highest BCUT2D eigenvalue weighted by Crippen LogP contribution is 2.31. The molecule has 2 saturated heterocycles. The van der Waals surface area contributed by atoms with E-state index in [2.05, 4.69) is 13.8 Å². The quantitative estimate of drug-likeness (QED) is 0.785. The van der Waals surface area contributed by atoms with E-state index < -0.39 is 0 Å². The van der Waals surface area contributed by atoms with E-state index in [4.69, 9.17) is 5.73 Å². The summed E-state index contributed by atoms with van der Waals surface area (Å²) in [7, 11) is 0. The first-order chi connectivity index (χ1) is 8.00. The fraction of sp³-hybridized carbons (Fsp3) is 0.917. The molecule has 2 atom stereocenters. The van der Waals surface area contributed by atoms with Crippen molar-refractivity contribution in [2.24, 2.45) is 11.1 Å². The van der Waals surface area contributed by atoms with Crippen molar-refractivity contribution in [2.75, 3.05) is 30.3 Å². The van der Waals surface area contributed by atoms with Gasteiger partial charge >= 0.3 is 0 Å². The fourth-order valence-electron chi connectivity index (χ4n) is 2.40. The Labute approximate surface area is 112 Å². The first kappa shape index (κ1) is 13.6. The molecular weight excluding hydrogens is 252 g/mol. The van der Waals surface area contributed by atoms with Crippen molar-refractivity contribution in [1.82, 2.24) is 4.90 Å². The molecule has 2 unspecified atom stereocenters. The molecule has 2 aliphatic heterocycles. The molecule has 2 N–H and O–H groups in total. The van der Waals surface area contributed by atoms with Crippen molar-refractivity contribution in [2.45, 2.75) is 31.6 Å². The van der Waals surface area contributed by atoms with Crippen LogP contribution in [0.2, 0.25) is 0 Å². The number of nitrogens with zero attached hydrogens (tertiary/aromatic N) is 1. The highest BCUT2D eigenvalue weighted by molar-refractivity contribution is 8.07. The maximum absolute atomic E-state index is 12.4. The Balaban J connectivity index is 1.95. The van der Waals surface area contributed by atoms with E-state index >= 15 is 0 Å². The molecule has 5 heteroatoms. The molecule has 0 spiro atoms. The largest absolute Gasteiger partial charge is 0.341 e. The van der Waals surface area contributed by atoms with Gasteiger partial charge in [0.15, 0.2) is 0 Å². The lowest BCUT2D eigenvalue weighted by Crippen LogP contribution is -2.55. The summed E-state index contributed by atoms with van der Waals surface area (Å²) in [6, 6.07) is 0.222. The van der Waals surface area contributed by atoms with Gasteiger partial charge in [0.05, 0.1) is 5.25 Å². The van der Waals surface area contributed by atoms with E-state index in [1.54, 1.807) is 0 Å². The molecule has 0 aromatic carbocycles. The summed E-state index contributed by atoms with van der Waals surface area (Å²) in [6.07, 6.45) is 0.934. The number of rotatable bonds is 1. The van der Waals surface area contributed by atoms with Gasteiger partial charge in [-0.3, -0.25) is 4.79 Å². The van der Waals surface area contributed by atoms with Crippen molar-refractivity contribution >= 4 is 29.4 Å². The average Bonchev–Trinajstić information content (AvgIpc) is 2.33. The number of likely N-dealkylation sites (tertiary alicyclic amines) is 1. The molecule has 0 radical (unpaired) electrons. The number of thioether (sulfide) groups is 2. The molecule has 17 heavy (non-hydrogen) atoms. The zero-order chi connectivity index (χ0) is 12.5. The first-order valence-electron chi connectivity index (χ1n) is 6.24. The summed E-state index contributed by atoms with van der Waals surface area (Å²) in [4.78, 5) is 14.4. The lowest BCUT2D eigenvalue weighted by Gasteiger charge is -2.43. The van der Waals surface area contributed by atoms with Gasteiger partial charge in [0.1, 0.15) is 0 Å². The second-order valence-electron chi connectivity index (χ2n) is 5.58. The lowest BCUT2D eigenvalue weighted by atomic mass is 9.79. The third-order valence-electron chi connectivity index (χ3n) is 3.72. The van der Waals surface area contributed by atoms with Crippen molar-refractivity contribution in [1.29, 1.82) is 0 Å². The molecule has 98 valence electrons. The predicted octanol–water partition coefficient (Wildman–Crippen LogP) is 1.42. The van der Waals surface area contributed by atoms with Gasteiger partial charge in [-0.05, 0) is 11.8 Å². The second-order valence-corrected chi connectivity index (χ2v) is 8.04. The summed E-state index contributed by atoms with van der Waals surface area (Å²) in [5.41, 5.74) is 6.16. The van der Waals surface area contributed by atoms with Crippen molar-refractivity contribution in [3.8, 4) is 0 Å². The molecule has 3 nitrogen and oxygen atoms in total. The Morgan fingerprint density at radius 1 is 1.41 bits per heavy atom. The number of nitrogens with two attached hydrogens (primary N) is 1. The van der Waals surface area contributed by atoms with Gasteiger partial charge < -0.3 is 10.6 Å². The third-order valence-corrected chi connectivity index (χ3v) is 6.46. The molecule has 0 aromatic heterocycles. The van der Waals surface area contributed by atoms with Gasteiger partial charge in [-0.15, -0.1) is 11.8 Å². The van der Waals surface area contributed by atoms with Gasteiger partial charge in [0.2, 0.25) is 5.91 Å². The van der Waals surface area contributed by atoms with Crippen LogP contribution in [0.15, 0.2) is 0 Å². The normalized spacial score (nSPS) is 33.5. The average molecular weight is 274 g/mol. The van der Waals surface area contributed by atoms with E-state index in [-0.39, 0.29) is 16.7 Å². The van der Waals surface area contributed by atoms with Crippen LogP contribution in [0.25, 0.3) is 0 Å². The topological polar surface area (TPSA) is 46.3 Å². The Hall–Kier alpha value is 0.130. The van der Waals surface area contributed by atoms with Gasteiger partial charge in [-0.2, -0.15) is 11.8 Å². The number of amides is 1. The standard InChI is InChI=1S/C12H22N2OS2/c1-12(2)8-14(4-3-10(12)13)11(15)9-7-16-5-6-17-9/h9-10H,3-8,13H2,1-2H3. The SMILES string of the molecule is CC1(C)CN(C(=O)C2CSCCS2)CCC1N. The number of carbonyl (C=O) groups is 1. The Bertz CT molecular complexity index is 290. The smallest absolute Gasteiger partial charge is 0.236 e. The van der Waals surface area contributed by atoms with Crippen molar-refractivity contribution in [3.63, 3.8) is 0 Å². The maximum atomic E-state index is 12.4. The number of piperidine rings is 1. The number of hydrogen-bond donors (Lipinski definition) is 1. The molecule has 0 bridgehead atoms. The molecule has 0 aliphatic carbocycles. The molecule has 1 amide bonds. The Morgan fingerprint density at radius 2 is 2.18 bits per heavy atom. The third kappa shape index (κ3) is 3.12. The molecule has 2 heterocycles. The highest BCUT2D eigenvalue weighted by Gasteiger charge is 2.37. The molecule has 2 fully saturated rings. The van der Waals surface area contributed by atoms with Crippen molar-refractivity contribution < 1.29 is 4.79 Å². The minimum absolute atomic E-state index is 0.0559. The summed E-state index contributed by atoms with van der Waals surface area (Å²) < 4.78 is 0. The van der Waals surface area contributed by atoms with E-state index in [1.807, 2.05) is 28.4 Å². The monoisotopic (exact) mass is 274 g/mol. The van der Waals surface area contributed by atoms with E-state index in [1.165, 1.54) is 5.75 Å². The van der Waals surface area contributed by atoms with Gasteiger partial charge in [-0.1, -0.05) is 13.8 Å². The highest BCUT2D eigenvalue weighted by atomic mass is 32.2. The van der Waals surface area contributed by atoms with Crippen LogP contribution in [0.4, 0.5) is 0 Å². The minimum atomic E-state index is 0.0559. The van der Waals surface area contributed by atoms with Crippen LogP contribution in [0, 0.1) is 5.41 Å². The van der Waals surface area contributed by atoms with E-state index in [0.717, 1.165) is 31.0 Å². The van der Waals surface area contributed by atoms with Gasteiger partial charge in [-0.25, -0.2) is 0 Å². The zero-order valence-electron chi connectivity index (χ0n) is 10.6. The van der Waals surface area contributed by atoms with E-state index in [9.17, 15) is 4.79 Å². The van der Waals surface area contributed by atoms with Crippen LogP contribution in [-0.2, 0) is 4.79 Å². The Morgan fingerprint density at radius 3 is 2.76 bits per heavy atom. The molecular formula is C12H22N2OS2. The van der Waals surface area contributed by atoms with Crippen LogP contribution in [0.3, 0.4) is 0 Å². The summed E-state index contributed by atoms with van der Waals surface area (Å²) >= 11 is 3.73.